The normalized spacial score (nSPS) is 11.2. The second-order valence-corrected chi connectivity index (χ2v) is 4.35. The Morgan fingerprint density at radius 3 is 2.32 bits per heavy atom. The molecule has 0 saturated heterocycles. The summed E-state index contributed by atoms with van der Waals surface area (Å²) in [6, 6.07) is 2.36. The van der Waals surface area contributed by atoms with Gasteiger partial charge in [-0.05, 0) is 13.0 Å². The number of hydrogen-bond acceptors (Lipinski definition) is 10. The number of carbonyl (C=O) groups is 2. The van der Waals surface area contributed by atoms with Crippen molar-refractivity contribution >= 4 is 17.8 Å². The molecule has 1 aromatic carbocycles. The summed E-state index contributed by atoms with van der Waals surface area (Å²) in [4.78, 5) is 33.0. The van der Waals surface area contributed by atoms with Gasteiger partial charge in [0.05, 0.1) is 37.4 Å². The molecule has 1 rings (SSSR count). The van der Waals surface area contributed by atoms with E-state index in [1.165, 1.54) is 27.2 Å². The van der Waals surface area contributed by atoms with E-state index in [2.05, 4.69) is 14.2 Å². The number of methoxy groups -OCH3 is 2. The van der Waals surface area contributed by atoms with Crippen LogP contribution in [0.25, 0.3) is 0 Å². The van der Waals surface area contributed by atoms with E-state index in [4.69, 9.17) is 9.47 Å². The molecular formula is C14H17NO10. The average Bonchev–Trinajstić information content (AvgIpc) is 2.58. The van der Waals surface area contributed by atoms with Crippen molar-refractivity contribution in [2.75, 3.05) is 20.8 Å². The van der Waals surface area contributed by atoms with E-state index in [9.17, 15) is 24.8 Å². The van der Waals surface area contributed by atoms with E-state index in [1.807, 2.05) is 0 Å². The molecule has 0 amide bonds. The van der Waals surface area contributed by atoms with Crippen LogP contribution in [0.1, 0.15) is 12.5 Å². The molecule has 138 valence electrons. The van der Waals surface area contributed by atoms with Gasteiger partial charge in [0.1, 0.15) is 6.61 Å². The molecule has 0 aromatic heterocycles. The predicted molar refractivity (Wildman–Crippen MR) is 80.1 cm³/mol. The van der Waals surface area contributed by atoms with Crippen molar-refractivity contribution in [2.45, 2.75) is 19.8 Å². The Bertz CT molecular complexity index is 645. The summed E-state index contributed by atoms with van der Waals surface area (Å²) in [5.74, 6) is -0.860. The Labute approximate surface area is 142 Å². The van der Waals surface area contributed by atoms with Crippen LogP contribution in [0.15, 0.2) is 12.1 Å². The summed E-state index contributed by atoms with van der Waals surface area (Å²) < 4.78 is 23.4. The fraction of sp³-hybridized carbons (Fsp3) is 0.429. The van der Waals surface area contributed by atoms with Crippen molar-refractivity contribution in [1.82, 2.24) is 0 Å². The molecule has 0 aliphatic carbocycles. The van der Waals surface area contributed by atoms with Gasteiger partial charge in [0, 0.05) is 0 Å². The van der Waals surface area contributed by atoms with Crippen molar-refractivity contribution in [3.8, 4) is 11.5 Å². The molecule has 11 heteroatoms. The smallest absolute Gasteiger partial charge is 0.493 e. The molecule has 25 heavy (non-hydrogen) atoms. The Morgan fingerprint density at radius 2 is 1.80 bits per heavy atom. The molecule has 0 heterocycles. The standard InChI is InChI=1S/C14H17NO10/c1-4-23-12(16)13(17)25-14(18)24-7-8-5-10(21-2)11(22-3)6-9(8)15(19)20/h5-6,13,17H,4,7H2,1-3H3. The number of rotatable bonds is 8. The highest BCUT2D eigenvalue weighted by Crippen LogP contribution is 2.34. The first-order chi connectivity index (χ1) is 11.8. The van der Waals surface area contributed by atoms with E-state index in [0.717, 1.165) is 6.07 Å². The first-order valence-electron chi connectivity index (χ1n) is 6.91. The van der Waals surface area contributed by atoms with Crippen LogP contribution >= 0.6 is 0 Å². The predicted octanol–water partition coefficient (Wildman–Crippen LogP) is 1.15. The summed E-state index contributed by atoms with van der Waals surface area (Å²) in [7, 11) is 2.64. The highest BCUT2D eigenvalue weighted by molar-refractivity contribution is 5.75. The third kappa shape index (κ3) is 5.49. The van der Waals surface area contributed by atoms with E-state index in [-0.39, 0.29) is 29.4 Å². The largest absolute Gasteiger partial charge is 0.511 e. The number of benzene rings is 1. The molecule has 0 saturated carbocycles. The van der Waals surface area contributed by atoms with E-state index in [0.29, 0.717) is 0 Å². The molecule has 0 aliphatic heterocycles. The number of aliphatic hydroxyl groups is 1. The quantitative estimate of drug-likeness (QED) is 0.310. The lowest BCUT2D eigenvalue weighted by Gasteiger charge is -2.12. The summed E-state index contributed by atoms with van der Waals surface area (Å²) in [6.45, 7) is 0.913. The number of nitrogens with zero attached hydrogens (tertiary/aromatic N) is 1. The van der Waals surface area contributed by atoms with Crippen molar-refractivity contribution in [3.63, 3.8) is 0 Å². The lowest BCUT2D eigenvalue weighted by Crippen LogP contribution is -2.29. The molecule has 0 radical (unpaired) electrons. The number of carbonyl (C=O) groups excluding carboxylic acids is 2. The fourth-order valence-electron chi connectivity index (χ4n) is 1.72. The first-order valence-corrected chi connectivity index (χ1v) is 6.91. The minimum atomic E-state index is -2.16. The molecule has 1 atom stereocenters. The van der Waals surface area contributed by atoms with Gasteiger partial charge in [-0.3, -0.25) is 10.1 Å². The number of esters is 1. The minimum Gasteiger partial charge on any atom is -0.493 e. The second-order valence-electron chi connectivity index (χ2n) is 4.35. The van der Waals surface area contributed by atoms with Crippen LogP contribution in [0, 0.1) is 10.1 Å². The van der Waals surface area contributed by atoms with Gasteiger partial charge in [-0.1, -0.05) is 0 Å². The van der Waals surface area contributed by atoms with Crippen LogP contribution in [0.3, 0.4) is 0 Å². The van der Waals surface area contributed by atoms with Crippen LogP contribution in [-0.4, -0.2) is 49.3 Å². The first kappa shape index (κ1) is 20.0. The van der Waals surface area contributed by atoms with Crippen molar-refractivity contribution < 1.29 is 43.3 Å². The molecule has 0 aliphatic rings. The number of hydrogen-bond donors (Lipinski definition) is 1. The summed E-state index contributed by atoms with van der Waals surface area (Å²) in [5, 5.41) is 20.4. The maximum absolute atomic E-state index is 11.5. The minimum absolute atomic E-state index is 0.00905. The monoisotopic (exact) mass is 359 g/mol. The van der Waals surface area contributed by atoms with Gasteiger partial charge >= 0.3 is 18.4 Å². The van der Waals surface area contributed by atoms with Gasteiger partial charge in [-0.25, -0.2) is 9.59 Å². The Kier molecular flexibility index (Phi) is 7.41. The summed E-state index contributed by atoms with van der Waals surface area (Å²) in [6.07, 6.45) is -3.57. The van der Waals surface area contributed by atoms with Gasteiger partial charge in [0.25, 0.3) is 5.69 Å². The van der Waals surface area contributed by atoms with Gasteiger partial charge < -0.3 is 28.8 Å². The highest BCUT2D eigenvalue weighted by Gasteiger charge is 2.24. The van der Waals surface area contributed by atoms with Crippen molar-refractivity contribution in [1.29, 1.82) is 0 Å². The lowest BCUT2D eigenvalue weighted by molar-refractivity contribution is -0.385. The van der Waals surface area contributed by atoms with Crippen LogP contribution in [0.2, 0.25) is 0 Å². The Morgan fingerprint density at radius 1 is 1.20 bits per heavy atom. The molecular weight excluding hydrogens is 342 g/mol. The summed E-state index contributed by atoms with van der Waals surface area (Å²) in [5.41, 5.74) is -0.387. The molecule has 0 bridgehead atoms. The van der Waals surface area contributed by atoms with Gasteiger partial charge in [-0.2, -0.15) is 0 Å². The second kappa shape index (κ2) is 9.27. The SMILES string of the molecule is CCOC(=O)C(O)OC(=O)OCc1cc(OC)c(OC)cc1[N+](=O)[O-]. The molecule has 1 N–H and O–H groups in total. The van der Waals surface area contributed by atoms with Gasteiger partial charge in [-0.15, -0.1) is 0 Å². The average molecular weight is 359 g/mol. The molecule has 0 spiro atoms. The van der Waals surface area contributed by atoms with Gasteiger partial charge in [0.2, 0.25) is 0 Å². The van der Waals surface area contributed by atoms with Crippen molar-refractivity contribution in [2.24, 2.45) is 0 Å². The highest BCUT2D eigenvalue weighted by atomic mass is 16.8. The summed E-state index contributed by atoms with van der Waals surface area (Å²) >= 11 is 0. The molecule has 1 aromatic rings. The maximum Gasteiger partial charge on any atom is 0.511 e. The Hall–Kier alpha value is -3.08. The Balaban J connectivity index is 2.83. The van der Waals surface area contributed by atoms with Crippen LogP contribution in [0.4, 0.5) is 10.5 Å². The van der Waals surface area contributed by atoms with E-state index >= 15 is 0 Å². The maximum atomic E-state index is 11.5. The van der Waals surface area contributed by atoms with Crippen molar-refractivity contribution in [3.05, 3.63) is 27.8 Å². The fourth-order valence-corrected chi connectivity index (χ4v) is 1.72. The number of aliphatic hydroxyl groups excluding tert-OH is 1. The van der Waals surface area contributed by atoms with Crippen LogP contribution in [0.5, 0.6) is 11.5 Å². The molecule has 11 nitrogen and oxygen atoms in total. The third-order valence-electron chi connectivity index (χ3n) is 2.82. The van der Waals surface area contributed by atoms with E-state index in [1.54, 1.807) is 0 Å². The van der Waals surface area contributed by atoms with E-state index < -0.39 is 29.9 Å². The zero-order chi connectivity index (χ0) is 19.0. The van der Waals surface area contributed by atoms with Crippen LogP contribution in [-0.2, 0) is 25.6 Å². The van der Waals surface area contributed by atoms with Crippen LogP contribution < -0.4 is 9.47 Å². The topological polar surface area (TPSA) is 144 Å². The number of nitro groups is 1. The zero-order valence-electron chi connectivity index (χ0n) is 13.7. The lowest BCUT2D eigenvalue weighted by atomic mass is 10.1. The number of nitro benzene ring substituents is 1. The third-order valence-corrected chi connectivity index (χ3v) is 2.82. The molecule has 0 fully saturated rings. The zero-order valence-corrected chi connectivity index (χ0v) is 13.7. The molecule has 1 unspecified atom stereocenters. The van der Waals surface area contributed by atoms with Gasteiger partial charge in [0.15, 0.2) is 11.5 Å². The number of ether oxygens (including phenoxy) is 5.